The zero-order valence-corrected chi connectivity index (χ0v) is 7.92. The molecule has 1 fully saturated rings. The van der Waals surface area contributed by atoms with Crippen molar-refractivity contribution < 1.29 is 9.53 Å². The van der Waals surface area contributed by atoms with Crippen molar-refractivity contribution >= 4 is 5.91 Å². The second-order valence-electron chi connectivity index (χ2n) is 3.44. The van der Waals surface area contributed by atoms with E-state index in [4.69, 9.17) is 10.5 Å². The molecule has 0 aromatic rings. The number of carbonyl (C=O) groups excluding carboxylic acids is 1. The van der Waals surface area contributed by atoms with Crippen molar-refractivity contribution in [3.63, 3.8) is 0 Å². The Bertz CT molecular complexity index is 158. The molecule has 0 radical (unpaired) electrons. The molecule has 0 saturated heterocycles. The highest BCUT2D eigenvalue weighted by Crippen LogP contribution is 2.27. The van der Waals surface area contributed by atoms with Crippen LogP contribution in [0.1, 0.15) is 19.3 Å². The minimum absolute atomic E-state index is 0.0103. The molecule has 4 nitrogen and oxygen atoms in total. The molecule has 0 heterocycles. The lowest BCUT2D eigenvalue weighted by molar-refractivity contribution is -0.125. The highest BCUT2D eigenvalue weighted by Gasteiger charge is 2.21. The van der Waals surface area contributed by atoms with Crippen molar-refractivity contribution in [1.29, 1.82) is 0 Å². The predicted molar refractivity (Wildman–Crippen MR) is 50.2 cm³/mol. The Balaban J connectivity index is 1.84. The summed E-state index contributed by atoms with van der Waals surface area (Å²) < 4.78 is 5.10. The van der Waals surface area contributed by atoms with Gasteiger partial charge in [0, 0.05) is 13.2 Å². The molecule has 0 aromatic carbocycles. The third-order valence-electron chi connectivity index (χ3n) is 2.01. The molecule has 0 aliphatic heterocycles. The number of hydrogen-bond acceptors (Lipinski definition) is 3. The van der Waals surface area contributed by atoms with Crippen LogP contribution in [0.4, 0.5) is 0 Å². The van der Waals surface area contributed by atoms with Gasteiger partial charge in [-0.15, -0.1) is 0 Å². The molecule has 0 atom stereocenters. The fourth-order valence-electron chi connectivity index (χ4n) is 0.981. The molecule has 13 heavy (non-hydrogen) atoms. The normalized spacial score (nSPS) is 15.8. The number of rotatable bonds is 7. The summed E-state index contributed by atoms with van der Waals surface area (Å²) in [6.07, 6.45) is 3.33. The molecule has 4 heteroatoms. The summed E-state index contributed by atoms with van der Waals surface area (Å²) in [5.74, 6) is 0.719. The molecule has 1 rings (SSSR count). The topological polar surface area (TPSA) is 64.3 Å². The second kappa shape index (κ2) is 5.94. The summed E-state index contributed by atoms with van der Waals surface area (Å²) in [6, 6.07) is 0. The maximum atomic E-state index is 11.1. The quantitative estimate of drug-likeness (QED) is 0.545. The minimum atomic E-state index is -0.0103. The van der Waals surface area contributed by atoms with Crippen LogP contribution in [0.25, 0.3) is 0 Å². The fraction of sp³-hybridized carbons (Fsp3) is 0.889. The molecule has 3 N–H and O–H groups in total. The van der Waals surface area contributed by atoms with Crippen LogP contribution in [0.3, 0.4) is 0 Å². The van der Waals surface area contributed by atoms with Crippen molar-refractivity contribution in [3.05, 3.63) is 0 Å². The van der Waals surface area contributed by atoms with E-state index in [1.807, 2.05) is 0 Å². The van der Waals surface area contributed by atoms with E-state index in [2.05, 4.69) is 5.32 Å². The van der Waals surface area contributed by atoms with Crippen LogP contribution in [0.2, 0.25) is 0 Å². The predicted octanol–water partition coefficient (Wildman–Crippen LogP) is -0.122. The third-order valence-corrected chi connectivity index (χ3v) is 2.01. The first-order valence-electron chi connectivity index (χ1n) is 4.87. The van der Waals surface area contributed by atoms with Gasteiger partial charge in [-0.2, -0.15) is 0 Å². The molecule has 0 unspecified atom stereocenters. The molecule has 0 spiro atoms. The molecule has 0 bridgehead atoms. The molecule has 1 aliphatic carbocycles. The van der Waals surface area contributed by atoms with Crippen molar-refractivity contribution in [3.8, 4) is 0 Å². The zero-order chi connectivity index (χ0) is 9.52. The largest absolute Gasteiger partial charge is 0.372 e. The van der Waals surface area contributed by atoms with Gasteiger partial charge < -0.3 is 15.8 Å². The molecular formula is C9H18N2O2. The summed E-state index contributed by atoms with van der Waals surface area (Å²) in [6.45, 7) is 2.18. The zero-order valence-electron chi connectivity index (χ0n) is 7.92. The number of nitrogens with two attached hydrogens (primary N) is 1. The van der Waals surface area contributed by atoms with E-state index in [9.17, 15) is 4.79 Å². The highest BCUT2D eigenvalue weighted by atomic mass is 16.5. The van der Waals surface area contributed by atoms with E-state index in [0.29, 0.717) is 13.2 Å². The standard InChI is InChI=1S/C9H18N2O2/c10-4-1-5-13-7-9(12)11-6-8-2-3-8/h8H,1-7,10H2,(H,11,12). The molecule has 1 aliphatic rings. The Morgan fingerprint density at radius 1 is 1.54 bits per heavy atom. The molecule has 76 valence electrons. The van der Waals surface area contributed by atoms with Crippen molar-refractivity contribution in [2.24, 2.45) is 11.7 Å². The van der Waals surface area contributed by atoms with Crippen LogP contribution in [-0.2, 0) is 9.53 Å². The van der Waals surface area contributed by atoms with Crippen LogP contribution in [-0.4, -0.2) is 32.2 Å². The van der Waals surface area contributed by atoms with E-state index < -0.39 is 0 Å². The maximum Gasteiger partial charge on any atom is 0.246 e. The van der Waals surface area contributed by atoms with Gasteiger partial charge in [0.25, 0.3) is 0 Å². The molecule has 1 saturated carbocycles. The monoisotopic (exact) mass is 186 g/mol. The Morgan fingerprint density at radius 2 is 2.31 bits per heavy atom. The second-order valence-corrected chi connectivity index (χ2v) is 3.44. The van der Waals surface area contributed by atoms with Crippen molar-refractivity contribution in [2.75, 3.05) is 26.3 Å². The Labute approximate surface area is 78.8 Å². The van der Waals surface area contributed by atoms with Gasteiger partial charge in [0.1, 0.15) is 6.61 Å². The SMILES string of the molecule is NCCCOCC(=O)NCC1CC1. The van der Waals surface area contributed by atoms with Gasteiger partial charge in [0.2, 0.25) is 5.91 Å². The van der Waals surface area contributed by atoms with E-state index >= 15 is 0 Å². The average Bonchev–Trinajstić information content (AvgIpc) is 2.92. The molecular weight excluding hydrogens is 168 g/mol. The first-order valence-corrected chi connectivity index (χ1v) is 4.87. The summed E-state index contributed by atoms with van der Waals surface area (Å²) in [5.41, 5.74) is 5.27. The van der Waals surface area contributed by atoms with E-state index in [-0.39, 0.29) is 12.5 Å². The van der Waals surface area contributed by atoms with E-state index in [0.717, 1.165) is 18.9 Å². The number of hydrogen-bond donors (Lipinski definition) is 2. The minimum Gasteiger partial charge on any atom is -0.372 e. The number of nitrogens with one attached hydrogen (secondary N) is 1. The van der Waals surface area contributed by atoms with Crippen molar-refractivity contribution in [1.82, 2.24) is 5.32 Å². The van der Waals surface area contributed by atoms with Gasteiger partial charge in [0.15, 0.2) is 0 Å². The lowest BCUT2D eigenvalue weighted by Crippen LogP contribution is -2.29. The molecule has 0 aromatic heterocycles. The summed E-state index contributed by atoms with van der Waals surface area (Å²) in [7, 11) is 0. The van der Waals surface area contributed by atoms with Crippen LogP contribution in [0.5, 0.6) is 0 Å². The highest BCUT2D eigenvalue weighted by molar-refractivity contribution is 5.77. The van der Waals surface area contributed by atoms with Crippen LogP contribution < -0.4 is 11.1 Å². The summed E-state index contributed by atoms with van der Waals surface area (Å²) in [5, 5.41) is 2.83. The number of amides is 1. The lowest BCUT2D eigenvalue weighted by atomic mass is 10.4. The Hall–Kier alpha value is -0.610. The van der Waals surface area contributed by atoms with Gasteiger partial charge in [-0.05, 0) is 31.7 Å². The lowest BCUT2D eigenvalue weighted by Gasteiger charge is -2.04. The van der Waals surface area contributed by atoms with Crippen molar-refractivity contribution in [2.45, 2.75) is 19.3 Å². The van der Waals surface area contributed by atoms with E-state index in [1.165, 1.54) is 12.8 Å². The third kappa shape index (κ3) is 5.60. The van der Waals surface area contributed by atoms with Gasteiger partial charge in [0.05, 0.1) is 0 Å². The Kier molecular flexibility index (Phi) is 4.78. The van der Waals surface area contributed by atoms with Gasteiger partial charge >= 0.3 is 0 Å². The van der Waals surface area contributed by atoms with Gasteiger partial charge in [-0.3, -0.25) is 4.79 Å². The van der Waals surface area contributed by atoms with Crippen LogP contribution in [0.15, 0.2) is 0 Å². The first kappa shape index (κ1) is 10.5. The van der Waals surface area contributed by atoms with Gasteiger partial charge in [-0.25, -0.2) is 0 Å². The Morgan fingerprint density at radius 3 is 2.92 bits per heavy atom. The first-order chi connectivity index (χ1) is 6.33. The summed E-state index contributed by atoms with van der Waals surface area (Å²) in [4.78, 5) is 11.1. The maximum absolute atomic E-state index is 11.1. The van der Waals surface area contributed by atoms with Crippen LogP contribution >= 0.6 is 0 Å². The average molecular weight is 186 g/mol. The number of carbonyl (C=O) groups is 1. The van der Waals surface area contributed by atoms with Gasteiger partial charge in [-0.1, -0.05) is 0 Å². The number of ether oxygens (including phenoxy) is 1. The van der Waals surface area contributed by atoms with Crippen LogP contribution in [0, 0.1) is 5.92 Å². The van der Waals surface area contributed by atoms with E-state index in [1.54, 1.807) is 0 Å². The summed E-state index contributed by atoms with van der Waals surface area (Å²) >= 11 is 0. The smallest absolute Gasteiger partial charge is 0.246 e. The fourth-order valence-corrected chi connectivity index (χ4v) is 0.981. The molecule has 1 amide bonds.